The maximum atomic E-state index is 11.8. The highest BCUT2D eigenvalue weighted by molar-refractivity contribution is 7.99. The number of carbonyl (C=O) groups excluding carboxylic acids is 1. The number of benzene rings is 1. The summed E-state index contributed by atoms with van der Waals surface area (Å²) >= 11 is 1.69. The Bertz CT molecular complexity index is 424. The lowest BCUT2D eigenvalue weighted by atomic mass is 10.1. The fraction of sp³-hybridized carbons (Fsp3) is 0.500. The SMILES string of the molecule is Cc1c(N)cccc1NC(=O)CCSCC(C)CO. The predicted octanol–water partition coefficient (Wildman–Crippen LogP) is 2.27. The Hall–Kier alpha value is -1.20. The van der Waals surface area contributed by atoms with E-state index in [0.717, 1.165) is 22.8 Å². The van der Waals surface area contributed by atoms with E-state index < -0.39 is 0 Å². The monoisotopic (exact) mass is 282 g/mol. The first-order valence-electron chi connectivity index (χ1n) is 6.38. The molecule has 0 heterocycles. The number of thioether (sulfide) groups is 1. The van der Waals surface area contributed by atoms with E-state index >= 15 is 0 Å². The fourth-order valence-corrected chi connectivity index (χ4v) is 2.51. The molecular formula is C14H22N2O2S. The third-order valence-corrected chi connectivity index (χ3v) is 4.13. The first-order chi connectivity index (χ1) is 9.04. The van der Waals surface area contributed by atoms with Gasteiger partial charge in [-0.3, -0.25) is 4.79 Å². The summed E-state index contributed by atoms with van der Waals surface area (Å²) < 4.78 is 0. The topological polar surface area (TPSA) is 75.3 Å². The zero-order valence-electron chi connectivity index (χ0n) is 11.5. The molecule has 1 atom stereocenters. The predicted molar refractivity (Wildman–Crippen MR) is 82.4 cm³/mol. The van der Waals surface area contributed by atoms with Gasteiger partial charge in [-0.25, -0.2) is 0 Å². The van der Waals surface area contributed by atoms with E-state index in [9.17, 15) is 4.79 Å². The third kappa shape index (κ3) is 5.53. The minimum atomic E-state index is -0.00199. The normalized spacial score (nSPS) is 12.2. The molecule has 1 aromatic rings. The van der Waals surface area contributed by atoms with Crippen molar-refractivity contribution in [2.75, 3.05) is 29.2 Å². The van der Waals surface area contributed by atoms with Gasteiger partial charge in [-0.1, -0.05) is 13.0 Å². The molecule has 0 spiro atoms. The second kappa shape index (κ2) is 8.07. The molecule has 0 aliphatic carbocycles. The van der Waals surface area contributed by atoms with E-state index in [-0.39, 0.29) is 18.4 Å². The molecule has 1 amide bonds. The minimum absolute atomic E-state index is 0.00199. The largest absolute Gasteiger partial charge is 0.398 e. The summed E-state index contributed by atoms with van der Waals surface area (Å²) in [6.07, 6.45) is 0.469. The van der Waals surface area contributed by atoms with Crippen LogP contribution in [0.15, 0.2) is 18.2 Å². The van der Waals surface area contributed by atoms with Crippen LogP contribution in [0, 0.1) is 12.8 Å². The lowest BCUT2D eigenvalue weighted by molar-refractivity contribution is -0.115. The van der Waals surface area contributed by atoms with Crippen LogP contribution in [-0.4, -0.2) is 29.1 Å². The molecule has 19 heavy (non-hydrogen) atoms. The molecule has 0 bridgehead atoms. The van der Waals surface area contributed by atoms with Crippen LogP contribution in [0.5, 0.6) is 0 Å². The summed E-state index contributed by atoms with van der Waals surface area (Å²) in [4.78, 5) is 11.8. The number of aliphatic hydroxyl groups is 1. The van der Waals surface area contributed by atoms with Crippen molar-refractivity contribution in [2.45, 2.75) is 20.3 Å². The maximum absolute atomic E-state index is 11.8. The van der Waals surface area contributed by atoms with Crippen molar-refractivity contribution in [3.63, 3.8) is 0 Å². The molecule has 5 heteroatoms. The number of nitrogens with one attached hydrogen (secondary N) is 1. The van der Waals surface area contributed by atoms with Crippen LogP contribution in [0.3, 0.4) is 0 Å². The number of aliphatic hydroxyl groups excluding tert-OH is 1. The molecule has 0 aliphatic rings. The first-order valence-corrected chi connectivity index (χ1v) is 7.53. The van der Waals surface area contributed by atoms with Gasteiger partial charge in [-0.2, -0.15) is 11.8 Å². The highest BCUT2D eigenvalue weighted by Crippen LogP contribution is 2.20. The number of anilines is 2. The van der Waals surface area contributed by atoms with Crippen LogP contribution in [0.4, 0.5) is 11.4 Å². The van der Waals surface area contributed by atoms with Gasteiger partial charge >= 0.3 is 0 Å². The number of hydrogen-bond acceptors (Lipinski definition) is 4. The average molecular weight is 282 g/mol. The summed E-state index contributed by atoms with van der Waals surface area (Å²) in [6, 6.07) is 5.50. The second-order valence-electron chi connectivity index (χ2n) is 4.68. The fourth-order valence-electron chi connectivity index (χ4n) is 1.50. The maximum Gasteiger partial charge on any atom is 0.225 e. The number of carbonyl (C=O) groups is 1. The Morgan fingerprint density at radius 3 is 2.95 bits per heavy atom. The molecule has 4 nitrogen and oxygen atoms in total. The van der Waals surface area contributed by atoms with Gasteiger partial charge in [0.25, 0.3) is 0 Å². The Kier molecular flexibility index (Phi) is 6.73. The van der Waals surface area contributed by atoms with Gasteiger partial charge in [0, 0.05) is 30.2 Å². The van der Waals surface area contributed by atoms with Gasteiger partial charge in [-0.15, -0.1) is 0 Å². The van der Waals surface area contributed by atoms with E-state index in [4.69, 9.17) is 10.8 Å². The van der Waals surface area contributed by atoms with Crippen molar-refractivity contribution in [3.05, 3.63) is 23.8 Å². The third-order valence-electron chi connectivity index (χ3n) is 2.84. The van der Waals surface area contributed by atoms with Gasteiger partial charge < -0.3 is 16.2 Å². The summed E-state index contributed by atoms with van der Waals surface area (Å²) in [7, 11) is 0. The van der Waals surface area contributed by atoms with Gasteiger partial charge in [0.1, 0.15) is 0 Å². The zero-order valence-corrected chi connectivity index (χ0v) is 12.3. The molecule has 4 N–H and O–H groups in total. The van der Waals surface area contributed by atoms with Crippen molar-refractivity contribution >= 4 is 29.0 Å². The molecule has 0 aromatic heterocycles. The smallest absolute Gasteiger partial charge is 0.225 e. The molecule has 0 aliphatic heterocycles. The van der Waals surface area contributed by atoms with E-state index in [1.165, 1.54) is 0 Å². The molecule has 0 radical (unpaired) electrons. The lowest BCUT2D eigenvalue weighted by Gasteiger charge is -2.10. The van der Waals surface area contributed by atoms with Crippen LogP contribution < -0.4 is 11.1 Å². The minimum Gasteiger partial charge on any atom is -0.398 e. The van der Waals surface area contributed by atoms with Gasteiger partial charge in [0.2, 0.25) is 5.91 Å². The zero-order chi connectivity index (χ0) is 14.3. The highest BCUT2D eigenvalue weighted by Gasteiger charge is 2.07. The summed E-state index contributed by atoms with van der Waals surface area (Å²) in [5, 5.41) is 11.8. The molecule has 106 valence electrons. The standard InChI is InChI=1S/C14H22N2O2S/c1-10(8-17)9-19-7-6-14(18)16-13-5-3-4-12(15)11(13)2/h3-5,10,17H,6-9,15H2,1-2H3,(H,16,18). The van der Waals surface area contributed by atoms with Gasteiger partial charge in [0.15, 0.2) is 0 Å². The molecule has 0 saturated carbocycles. The van der Waals surface area contributed by atoms with Crippen LogP contribution >= 0.6 is 11.8 Å². The molecule has 0 fully saturated rings. The van der Waals surface area contributed by atoms with E-state index in [0.29, 0.717) is 12.1 Å². The van der Waals surface area contributed by atoms with Crippen molar-refractivity contribution in [3.8, 4) is 0 Å². The summed E-state index contributed by atoms with van der Waals surface area (Å²) in [6.45, 7) is 4.08. The quantitative estimate of drug-likeness (QED) is 0.530. The summed E-state index contributed by atoms with van der Waals surface area (Å²) in [5.74, 6) is 1.92. The Morgan fingerprint density at radius 1 is 1.53 bits per heavy atom. The van der Waals surface area contributed by atoms with Crippen molar-refractivity contribution in [1.29, 1.82) is 0 Å². The Morgan fingerprint density at radius 2 is 2.26 bits per heavy atom. The van der Waals surface area contributed by atoms with Gasteiger partial charge in [-0.05, 0) is 36.3 Å². The van der Waals surface area contributed by atoms with Crippen molar-refractivity contribution in [1.82, 2.24) is 0 Å². The second-order valence-corrected chi connectivity index (χ2v) is 5.83. The van der Waals surface area contributed by atoms with E-state index in [1.807, 2.05) is 32.0 Å². The van der Waals surface area contributed by atoms with Crippen LogP contribution in [-0.2, 0) is 4.79 Å². The number of nitrogens with two attached hydrogens (primary N) is 1. The average Bonchev–Trinajstić information content (AvgIpc) is 2.39. The number of hydrogen-bond donors (Lipinski definition) is 3. The molecule has 0 saturated heterocycles. The Balaban J connectivity index is 2.33. The van der Waals surface area contributed by atoms with Crippen LogP contribution in [0.25, 0.3) is 0 Å². The van der Waals surface area contributed by atoms with Crippen molar-refractivity contribution in [2.24, 2.45) is 5.92 Å². The molecule has 1 rings (SSSR count). The number of amides is 1. The highest BCUT2D eigenvalue weighted by atomic mass is 32.2. The van der Waals surface area contributed by atoms with E-state index in [1.54, 1.807) is 11.8 Å². The number of nitrogen functional groups attached to an aromatic ring is 1. The van der Waals surface area contributed by atoms with Crippen LogP contribution in [0.1, 0.15) is 18.9 Å². The number of rotatable bonds is 7. The molecular weight excluding hydrogens is 260 g/mol. The van der Waals surface area contributed by atoms with Crippen LogP contribution in [0.2, 0.25) is 0 Å². The molecule has 1 unspecified atom stereocenters. The Labute approximate surface area is 118 Å². The lowest BCUT2D eigenvalue weighted by Crippen LogP contribution is -2.14. The van der Waals surface area contributed by atoms with Gasteiger partial charge in [0.05, 0.1) is 0 Å². The summed E-state index contributed by atoms with van der Waals surface area (Å²) in [5.41, 5.74) is 8.15. The van der Waals surface area contributed by atoms with Crippen molar-refractivity contribution < 1.29 is 9.90 Å². The molecule has 1 aromatic carbocycles. The first kappa shape index (κ1) is 15.9. The van der Waals surface area contributed by atoms with E-state index in [2.05, 4.69) is 5.32 Å².